The van der Waals surface area contributed by atoms with Gasteiger partial charge in [-0.05, 0) is 54.1 Å². The number of nitriles is 1. The third-order valence-electron chi connectivity index (χ3n) is 6.66. The van der Waals surface area contributed by atoms with Gasteiger partial charge in [-0.3, -0.25) is 4.98 Å². The van der Waals surface area contributed by atoms with Crippen LogP contribution in [0.15, 0.2) is 72.9 Å². The molecular weight excluding hydrogens is 433 g/mol. The second kappa shape index (κ2) is 10.3. The van der Waals surface area contributed by atoms with Crippen molar-refractivity contribution in [3.8, 4) is 11.8 Å². The Morgan fingerprint density at radius 3 is 2.41 bits per heavy atom. The predicted molar refractivity (Wildman–Crippen MR) is 126 cm³/mol. The molecular formula is C27H28FN3O3. The quantitative estimate of drug-likeness (QED) is 0.303. The van der Waals surface area contributed by atoms with Gasteiger partial charge in [0.25, 0.3) is 0 Å². The van der Waals surface area contributed by atoms with Crippen LogP contribution in [-0.2, 0) is 5.60 Å². The van der Waals surface area contributed by atoms with E-state index in [1.165, 1.54) is 12.1 Å². The number of hydrogen-bond acceptors (Lipinski definition) is 5. The van der Waals surface area contributed by atoms with Crippen LogP contribution in [0, 0.1) is 28.3 Å². The number of halogens is 1. The molecule has 4 rings (SSSR count). The lowest BCUT2D eigenvalue weighted by Crippen LogP contribution is -2.53. The van der Waals surface area contributed by atoms with Gasteiger partial charge in [-0.15, -0.1) is 0 Å². The summed E-state index contributed by atoms with van der Waals surface area (Å²) >= 11 is 0. The van der Waals surface area contributed by atoms with Gasteiger partial charge in [0.15, 0.2) is 0 Å². The van der Waals surface area contributed by atoms with Crippen LogP contribution < -0.4 is 4.74 Å². The summed E-state index contributed by atoms with van der Waals surface area (Å²) in [5, 5.41) is 34.1. The number of aromatic nitrogens is 1. The minimum absolute atomic E-state index is 0.206. The average Bonchev–Trinajstić information content (AvgIpc) is 2.88. The second-order valence-corrected chi connectivity index (χ2v) is 8.83. The fourth-order valence-corrected chi connectivity index (χ4v) is 4.73. The van der Waals surface area contributed by atoms with E-state index in [2.05, 4.69) is 11.1 Å². The van der Waals surface area contributed by atoms with Crippen molar-refractivity contribution >= 4 is 0 Å². The Labute approximate surface area is 199 Å². The lowest BCUT2D eigenvalue weighted by Gasteiger charge is -2.50. The number of likely N-dealkylation sites (tertiary alicyclic amines) is 1. The van der Waals surface area contributed by atoms with E-state index in [0.717, 1.165) is 0 Å². The molecule has 0 aliphatic carbocycles. The fraction of sp³-hybridized carbons (Fsp3) is 0.333. The zero-order valence-corrected chi connectivity index (χ0v) is 18.9. The number of nitrogens with zero attached hydrogens (tertiary/aromatic N) is 3. The van der Waals surface area contributed by atoms with Gasteiger partial charge in [0.1, 0.15) is 17.2 Å². The SMILES string of the molecule is N#Cc1ccc(OCCC[N+]2([O-])CCC([C@@](O)(c3ccc(F)cc3)c3ccccn3)CC2)cc1. The molecule has 0 saturated carbocycles. The Bertz CT molecular complexity index is 1110. The summed E-state index contributed by atoms with van der Waals surface area (Å²) in [6.07, 6.45) is 3.31. The zero-order chi connectivity index (χ0) is 24.0. The second-order valence-electron chi connectivity index (χ2n) is 8.83. The predicted octanol–water partition coefficient (Wildman–Crippen LogP) is 4.52. The molecule has 3 aromatic rings. The number of hydrogen-bond donors (Lipinski definition) is 1. The molecule has 1 aliphatic rings. The summed E-state index contributed by atoms with van der Waals surface area (Å²) in [6.45, 7) is 1.63. The molecule has 1 atom stereocenters. The van der Waals surface area contributed by atoms with Crippen LogP contribution in [0.4, 0.5) is 4.39 Å². The maximum Gasteiger partial charge on any atom is 0.135 e. The standard InChI is InChI=1S/C27H28FN3O3/c28-24-9-7-22(8-10-24)27(32,26-4-1-2-15-30-26)23-13-17-31(33,18-14-23)16-3-19-34-25-11-5-21(20-29)6-12-25/h1-2,4-12,15,23,32H,3,13-14,16-19H2/t23?,27-,31?/m0/s1. The van der Waals surface area contributed by atoms with E-state index < -0.39 is 5.60 Å². The molecule has 34 heavy (non-hydrogen) atoms. The molecule has 2 aromatic carbocycles. The lowest BCUT2D eigenvalue weighted by molar-refractivity contribution is -0.887. The molecule has 176 valence electrons. The maximum absolute atomic E-state index is 13.5. The summed E-state index contributed by atoms with van der Waals surface area (Å²) in [5.41, 5.74) is 0.275. The number of hydroxylamine groups is 3. The van der Waals surface area contributed by atoms with Crippen molar-refractivity contribution < 1.29 is 18.9 Å². The first-order chi connectivity index (χ1) is 16.4. The van der Waals surface area contributed by atoms with Gasteiger partial charge in [0.05, 0.1) is 43.6 Å². The van der Waals surface area contributed by atoms with Gasteiger partial charge in [-0.1, -0.05) is 18.2 Å². The van der Waals surface area contributed by atoms with E-state index in [4.69, 9.17) is 10.00 Å². The van der Waals surface area contributed by atoms with Crippen LogP contribution >= 0.6 is 0 Å². The molecule has 0 bridgehead atoms. The van der Waals surface area contributed by atoms with Crippen molar-refractivity contribution in [3.05, 3.63) is 101 Å². The Morgan fingerprint density at radius 1 is 1.09 bits per heavy atom. The van der Waals surface area contributed by atoms with E-state index in [1.54, 1.807) is 54.7 Å². The van der Waals surface area contributed by atoms with Crippen molar-refractivity contribution in [2.24, 2.45) is 5.92 Å². The highest BCUT2D eigenvalue weighted by Crippen LogP contribution is 2.42. The first-order valence-corrected chi connectivity index (χ1v) is 11.5. The summed E-state index contributed by atoms with van der Waals surface area (Å²) < 4.78 is 18.9. The molecule has 1 saturated heterocycles. The average molecular weight is 462 g/mol. The Hall–Kier alpha value is -3.31. The first kappa shape index (κ1) is 23.8. The molecule has 1 aromatic heterocycles. The minimum atomic E-state index is -1.39. The third kappa shape index (κ3) is 5.26. The largest absolute Gasteiger partial charge is 0.633 e. The number of quaternary nitrogens is 1. The van der Waals surface area contributed by atoms with E-state index in [9.17, 15) is 14.7 Å². The summed E-state index contributed by atoms with van der Waals surface area (Å²) in [5.74, 6) is 0.104. The van der Waals surface area contributed by atoms with Crippen molar-refractivity contribution in [1.82, 2.24) is 4.98 Å². The first-order valence-electron chi connectivity index (χ1n) is 11.5. The van der Waals surface area contributed by atoms with Gasteiger partial charge in [0.2, 0.25) is 0 Å². The molecule has 0 radical (unpaired) electrons. The highest BCUT2D eigenvalue weighted by molar-refractivity contribution is 5.35. The topological polar surface area (TPSA) is 89.2 Å². The normalized spacial score (nSPS) is 21.9. The number of benzene rings is 2. The summed E-state index contributed by atoms with van der Waals surface area (Å²) in [4.78, 5) is 4.40. The maximum atomic E-state index is 13.5. The molecule has 1 aliphatic heterocycles. The number of aliphatic hydroxyl groups is 1. The highest BCUT2D eigenvalue weighted by atomic mass is 19.1. The molecule has 0 unspecified atom stereocenters. The van der Waals surface area contributed by atoms with Crippen LogP contribution in [0.1, 0.15) is 36.1 Å². The van der Waals surface area contributed by atoms with Crippen molar-refractivity contribution in [1.29, 1.82) is 5.26 Å². The molecule has 1 fully saturated rings. The van der Waals surface area contributed by atoms with Crippen molar-refractivity contribution in [2.45, 2.75) is 24.9 Å². The van der Waals surface area contributed by atoms with E-state index in [-0.39, 0.29) is 16.4 Å². The van der Waals surface area contributed by atoms with E-state index in [0.29, 0.717) is 68.1 Å². The summed E-state index contributed by atoms with van der Waals surface area (Å²) in [7, 11) is 0. The smallest absolute Gasteiger partial charge is 0.135 e. The van der Waals surface area contributed by atoms with Gasteiger partial charge < -0.3 is 19.7 Å². The van der Waals surface area contributed by atoms with E-state index in [1.807, 2.05) is 6.07 Å². The molecule has 7 heteroatoms. The Kier molecular flexibility index (Phi) is 7.23. The lowest BCUT2D eigenvalue weighted by atomic mass is 9.73. The number of ether oxygens (including phenoxy) is 1. The number of rotatable bonds is 8. The van der Waals surface area contributed by atoms with Crippen molar-refractivity contribution in [2.75, 3.05) is 26.2 Å². The third-order valence-corrected chi connectivity index (χ3v) is 6.66. The monoisotopic (exact) mass is 461 g/mol. The van der Waals surface area contributed by atoms with Crippen LogP contribution in [0.3, 0.4) is 0 Å². The molecule has 0 spiro atoms. The van der Waals surface area contributed by atoms with Crippen LogP contribution in [0.2, 0.25) is 0 Å². The zero-order valence-electron chi connectivity index (χ0n) is 18.9. The molecule has 2 heterocycles. The Balaban J connectivity index is 1.38. The Morgan fingerprint density at radius 2 is 1.79 bits per heavy atom. The van der Waals surface area contributed by atoms with Gasteiger partial charge in [-0.25, -0.2) is 4.39 Å². The fourth-order valence-electron chi connectivity index (χ4n) is 4.73. The summed E-state index contributed by atoms with van der Waals surface area (Å²) in [6, 6.07) is 20.2. The van der Waals surface area contributed by atoms with Gasteiger partial charge in [0, 0.05) is 31.4 Å². The van der Waals surface area contributed by atoms with Crippen LogP contribution in [0.5, 0.6) is 5.75 Å². The molecule has 1 N–H and O–H groups in total. The van der Waals surface area contributed by atoms with Crippen molar-refractivity contribution in [3.63, 3.8) is 0 Å². The molecule has 6 nitrogen and oxygen atoms in total. The van der Waals surface area contributed by atoms with Gasteiger partial charge in [-0.2, -0.15) is 5.26 Å². The number of pyridine rings is 1. The minimum Gasteiger partial charge on any atom is -0.633 e. The van der Waals surface area contributed by atoms with Crippen LogP contribution in [0.25, 0.3) is 0 Å². The van der Waals surface area contributed by atoms with E-state index >= 15 is 0 Å². The molecule has 0 amide bonds. The number of piperidine rings is 1. The van der Waals surface area contributed by atoms with Crippen LogP contribution in [-0.4, -0.2) is 41.0 Å². The van der Waals surface area contributed by atoms with Gasteiger partial charge >= 0.3 is 0 Å². The highest BCUT2D eigenvalue weighted by Gasteiger charge is 2.44.